The zero-order valence-electron chi connectivity index (χ0n) is 16.2. The van der Waals surface area contributed by atoms with Gasteiger partial charge >= 0.3 is 0 Å². The Morgan fingerprint density at radius 1 is 1.00 bits per heavy atom. The molecule has 2 amide bonds. The van der Waals surface area contributed by atoms with E-state index in [1.807, 2.05) is 4.90 Å². The molecule has 25 heavy (non-hydrogen) atoms. The second kappa shape index (κ2) is 8.07. The van der Waals surface area contributed by atoms with Crippen molar-refractivity contribution in [2.45, 2.75) is 58.9 Å². The van der Waals surface area contributed by atoms with Crippen molar-refractivity contribution in [2.24, 2.45) is 23.7 Å². The number of carbonyl (C=O) groups is 2. The number of piperidine rings is 2. The third-order valence-corrected chi connectivity index (χ3v) is 5.97. The summed E-state index contributed by atoms with van der Waals surface area (Å²) in [6, 6.07) is 0.191. The molecule has 0 spiro atoms. The Morgan fingerprint density at radius 2 is 1.60 bits per heavy atom. The summed E-state index contributed by atoms with van der Waals surface area (Å²) in [4.78, 5) is 29.2. The normalized spacial score (nSPS) is 30.1. The predicted octanol–water partition coefficient (Wildman–Crippen LogP) is 2.12. The van der Waals surface area contributed by atoms with Gasteiger partial charge in [-0.15, -0.1) is 0 Å². The lowest BCUT2D eigenvalue weighted by Gasteiger charge is -2.37. The standard InChI is InChI=1S/C20H35N3O2/c1-14-10-15(2)12-22(11-14)13-16(3)21-19(24)17-6-8-23(9-7-17)20(25)18-4-5-18/h14-18H,4-13H2,1-3H3,(H,21,24). The summed E-state index contributed by atoms with van der Waals surface area (Å²) in [5.74, 6) is 2.37. The first-order valence-electron chi connectivity index (χ1n) is 10.2. The Morgan fingerprint density at radius 3 is 2.16 bits per heavy atom. The average Bonchev–Trinajstić information content (AvgIpc) is 3.38. The molecule has 2 saturated heterocycles. The highest BCUT2D eigenvalue weighted by Gasteiger charge is 2.36. The lowest BCUT2D eigenvalue weighted by molar-refractivity contribution is -0.136. The van der Waals surface area contributed by atoms with Crippen LogP contribution in [0.2, 0.25) is 0 Å². The highest BCUT2D eigenvalue weighted by atomic mass is 16.2. The lowest BCUT2D eigenvalue weighted by Crippen LogP contribution is -2.49. The van der Waals surface area contributed by atoms with E-state index in [0.717, 1.165) is 70.2 Å². The van der Waals surface area contributed by atoms with Crippen molar-refractivity contribution < 1.29 is 9.59 Å². The van der Waals surface area contributed by atoms with Crippen LogP contribution in [0, 0.1) is 23.7 Å². The van der Waals surface area contributed by atoms with E-state index in [-0.39, 0.29) is 17.9 Å². The van der Waals surface area contributed by atoms with E-state index in [9.17, 15) is 9.59 Å². The predicted molar refractivity (Wildman–Crippen MR) is 99.0 cm³/mol. The molecular formula is C20H35N3O2. The van der Waals surface area contributed by atoms with Gasteiger partial charge in [-0.2, -0.15) is 0 Å². The summed E-state index contributed by atoms with van der Waals surface area (Å²) in [6.07, 6.45) is 5.06. The molecule has 3 atom stereocenters. The van der Waals surface area contributed by atoms with Gasteiger partial charge in [0, 0.05) is 50.6 Å². The topological polar surface area (TPSA) is 52.7 Å². The molecular weight excluding hydrogens is 314 g/mol. The molecule has 2 aliphatic heterocycles. The van der Waals surface area contributed by atoms with Crippen LogP contribution in [-0.4, -0.2) is 60.4 Å². The van der Waals surface area contributed by atoms with Crippen LogP contribution < -0.4 is 5.32 Å². The van der Waals surface area contributed by atoms with E-state index >= 15 is 0 Å². The minimum Gasteiger partial charge on any atom is -0.352 e. The fourth-order valence-corrected chi connectivity index (χ4v) is 4.69. The van der Waals surface area contributed by atoms with Crippen LogP contribution in [0.25, 0.3) is 0 Å². The number of hydrogen-bond acceptors (Lipinski definition) is 3. The number of likely N-dealkylation sites (tertiary alicyclic amines) is 2. The van der Waals surface area contributed by atoms with Crippen LogP contribution in [0.15, 0.2) is 0 Å². The minimum absolute atomic E-state index is 0.0740. The van der Waals surface area contributed by atoms with Crippen LogP contribution in [-0.2, 0) is 9.59 Å². The monoisotopic (exact) mass is 349 g/mol. The van der Waals surface area contributed by atoms with Crippen molar-refractivity contribution in [3.8, 4) is 0 Å². The third kappa shape index (κ3) is 5.19. The molecule has 1 saturated carbocycles. The van der Waals surface area contributed by atoms with E-state index in [0.29, 0.717) is 11.8 Å². The molecule has 1 N–H and O–H groups in total. The third-order valence-electron chi connectivity index (χ3n) is 5.97. The van der Waals surface area contributed by atoms with Crippen LogP contribution >= 0.6 is 0 Å². The smallest absolute Gasteiger partial charge is 0.225 e. The summed E-state index contributed by atoms with van der Waals surface area (Å²) in [6.45, 7) is 11.5. The van der Waals surface area contributed by atoms with Crippen molar-refractivity contribution in [2.75, 3.05) is 32.7 Å². The van der Waals surface area contributed by atoms with Gasteiger partial charge in [0.05, 0.1) is 0 Å². The Bertz CT molecular complexity index is 473. The first-order chi connectivity index (χ1) is 11.9. The summed E-state index contributed by atoms with van der Waals surface area (Å²) < 4.78 is 0. The Hall–Kier alpha value is -1.10. The lowest BCUT2D eigenvalue weighted by atomic mass is 9.91. The van der Waals surface area contributed by atoms with Gasteiger partial charge in [0.15, 0.2) is 0 Å². The molecule has 0 aromatic heterocycles. The highest BCUT2D eigenvalue weighted by molar-refractivity contribution is 5.82. The van der Waals surface area contributed by atoms with E-state index in [1.54, 1.807) is 0 Å². The van der Waals surface area contributed by atoms with E-state index in [2.05, 4.69) is 31.0 Å². The number of rotatable bonds is 5. The van der Waals surface area contributed by atoms with Crippen molar-refractivity contribution >= 4 is 11.8 Å². The fourth-order valence-electron chi connectivity index (χ4n) is 4.69. The summed E-state index contributed by atoms with van der Waals surface area (Å²) in [5, 5.41) is 3.22. The Kier molecular flexibility index (Phi) is 6.03. The summed E-state index contributed by atoms with van der Waals surface area (Å²) >= 11 is 0. The molecule has 0 aromatic rings. The zero-order chi connectivity index (χ0) is 18.0. The molecule has 3 rings (SSSR count). The van der Waals surface area contributed by atoms with Gasteiger partial charge in [0.25, 0.3) is 0 Å². The quantitative estimate of drug-likeness (QED) is 0.827. The molecule has 1 aliphatic carbocycles. The SMILES string of the molecule is CC1CC(C)CN(CC(C)NC(=O)C2CCN(C(=O)C3CC3)CC2)C1. The molecule has 5 nitrogen and oxygen atoms in total. The van der Waals surface area contributed by atoms with Gasteiger partial charge in [0.2, 0.25) is 11.8 Å². The number of carbonyl (C=O) groups excluding carboxylic acids is 2. The molecule has 3 unspecified atom stereocenters. The number of hydrogen-bond donors (Lipinski definition) is 1. The molecule has 3 fully saturated rings. The highest BCUT2D eigenvalue weighted by Crippen LogP contribution is 2.32. The summed E-state index contributed by atoms with van der Waals surface area (Å²) in [5.41, 5.74) is 0. The van der Waals surface area contributed by atoms with E-state index in [4.69, 9.17) is 0 Å². The van der Waals surface area contributed by atoms with Crippen molar-refractivity contribution in [1.82, 2.24) is 15.1 Å². The van der Waals surface area contributed by atoms with Crippen LogP contribution in [0.5, 0.6) is 0 Å². The second-order valence-corrected chi connectivity index (χ2v) is 8.95. The molecule has 142 valence electrons. The molecule has 5 heteroatoms. The van der Waals surface area contributed by atoms with Crippen LogP contribution in [0.3, 0.4) is 0 Å². The average molecular weight is 350 g/mol. The first kappa shape index (κ1) is 18.7. The fraction of sp³-hybridized carbons (Fsp3) is 0.900. The Balaban J connectivity index is 1.39. The molecule has 3 aliphatic rings. The van der Waals surface area contributed by atoms with Crippen molar-refractivity contribution in [3.05, 3.63) is 0 Å². The zero-order valence-corrected chi connectivity index (χ0v) is 16.2. The van der Waals surface area contributed by atoms with Crippen molar-refractivity contribution in [1.29, 1.82) is 0 Å². The van der Waals surface area contributed by atoms with E-state index < -0.39 is 0 Å². The molecule has 0 bridgehead atoms. The second-order valence-electron chi connectivity index (χ2n) is 8.95. The maximum absolute atomic E-state index is 12.6. The largest absolute Gasteiger partial charge is 0.352 e. The maximum Gasteiger partial charge on any atom is 0.225 e. The molecule has 0 aromatic carbocycles. The number of nitrogens with zero attached hydrogens (tertiary/aromatic N) is 2. The Labute approximate surface area is 152 Å². The number of amides is 2. The van der Waals surface area contributed by atoms with Gasteiger partial charge < -0.3 is 15.1 Å². The molecule has 0 radical (unpaired) electrons. The van der Waals surface area contributed by atoms with E-state index in [1.165, 1.54) is 6.42 Å². The summed E-state index contributed by atoms with van der Waals surface area (Å²) in [7, 11) is 0. The number of nitrogens with one attached hydrogen (secondary N) is 1. The molecule has 2 heterocycles. The van der Waals surface area contributed by atoms with Crippen LogP contribution in [0.4, 0.5) is 0 Å². The van der Waals surface area contributed by atoms with Crippen LogP contribution in [0.1, 0.15) is 52.9 Å². The van der Waals surface area contributed by atoms with Crippen molar-refractivity contribution in [3.63, 3.8) is 0 Å². The van der Waals surface area contributed by atoms with Gasteiger partial charge in [-0.3, -0.25) is 9.59 Å². The van der Waals surface area contributed by atoms with Gasteiger partial charge in [0.1, 0.15) is 0 Å². The van der Waals surface area contributed by atoms with Gasteiger partial charge in [-0.05, 0) is 50.9 Å². The first-order valence-corrected chi connectivity index (χ1v) is 10.2. The van der Waals surface area contributed by atoms with Gasteiger partial charge in [-0.25, -0.2) is 0 Å². The minimum atomic E-state index is 0.0740. The maximum atomic E-state index is 12.6. The van der Waals surface area contributed by atoms with Gasteiger partial charge in [-0.1, -0.05) is 13.8 Å².